The highest BCUT2D eigenvalue weighted by Gasteiger charge is 2.23. The van der Waals surface area contributed by atoms with E-state index in [1.807, 2.05) is 0 Å². The third-order valence-corrected chi connectivity index (χ3v) is 2.91. The number of nitro groups is 1. The van der Waals surface area contributed by atoms with Crippen molar-refractivity contribution in [3.63, 3.8) is 0 Å². The molecule has 0 fully saturated rings. The Kier molecular flexibility index (Phi) is 3.95. The molecule has 0 aliphatic rings. The molecule has 6 heteroatoms. The van der Waals surface area contributed by atoms with E-state index in [0.29, 0.717) is 5.69 Å². The molecule has 0 spiro atoms. The first-order valence-corrected chi connectivity index (χ1v) is 5.52. The van der Waals surface area contributed by atoms with E-state index in [4.69, 9.17) is 11.6 Å². The molecule has 1 unspecified atom stereocenters. The lowest BCUT2D eigenvalue weighted by Crippen LogP contribution is -2.39. The molecule has 0 saturated carbocycles. The molecule has 2 N–H and O–H groups in total. The van der Waals surface area contributed by atoms with Crippen LogP contribution in [0.5, 0.6) is 0 Å². The Morgan fingerprint density at radius 3 is 2.53 bits per heavy atom. The van der Waals surface area contributed by atoms with Gasteiger partial charge in [-0.05, 0) is 26.8 Å². The number of non-ortho nitro benzene ring substituents is 1. The summed E-state index contributed by atoms with van der Waals surface area (Å²) in [6, 6.07) is 3.94. The van der Waals surface area contributed by atoms with Crippen LogP contribution < -0.4 is 5.32 Å². The van der Waals surface area contributed by atoms with E-state index in [9.17, 15) is 15.2 Å². The van der Waals surface area contributed by atoms with Crippen LogP contribution in [0.3, 0.4) is 0 Å². The van der Waals surface area contributed by atoms with Crippen molar-refractivity contribution in [2.45, 2.75) is 32.4 Å². The number of rotatable bonds is 4. The van der Waals surface area contributed by atoms with Crippen LogP contribution in [0, 0.1) is 10.1 Å². The molecule has 0 radical (unpaired) electrons. The van der Waals surface area contributed by atoms with Crippen LogP contribution in [0.15, 0.2) is 18.2 Å². The second-order valence-corrected chi connectivity index (χ2v) is 4.85. The van der Waals surface area contributed by atoms with Gasteiger partial charge in [0, 0.05) is 12.1 Å². The molecule has 1 atom stereocenters. The highest BCUT2D eigenvalue weighted by atomic mass is 35.5. The number of hydrogen-bond donors (Lipinski definition) is 2. The maximum atomic E-state index is 10.5. The third kappa shape index (κ3) is 3.57. The van der Waals surface area contributed by atoms with Crippen molar-refractivity contribution in [3.05, 3.63) is 33.3 Å². The van der Waals surface area contributed by atoms with Crippen molar-refractivity contribution < 1.29 is 10.0 Å². The summed E-state index contributed by atoms with van der Waals surface area (Å²) in [7, 11) is 0. The van der Waals surface area contributed by atoms with Crippen LogP contribution in [0.25, 0.3) is 0 Å². The Balaban J connectivity index is 2.90. The van der Waals surface area contributed by atoms with Gasteiger partial charge in [-0.3, -0.25) is 10.1 Å². The normalized spacial score (nSPS) is 13.2. The Bertz CT molecular complexity index is 429. The zero-order chi connectivity index (χ0) is 13.2. The average molecular weight is 259 g/mol. The second kappa shape index (κ2) is 4.89. The van der Waals surface area contributed by atoms with Crippen LogP contribution in [-0.4, -0.2) is 21.7 Å². The molecule has 5 nitrogen and oxygen atoms in total. The summed E-state index contributed by atoms with van der Waals surface area (Å²) in [5, 5.41) is 23.6. The third-order valence-electron chi connectivity index (χ3n) is 2.60. The molecule has 17 heavy (non-hydrogen) atoms. The molecule has 0 amide bonds. The minimum absolute atomic E-state index is 0.0588. The van der Waals surface area contributed by atoms with Crippen LogP contribution >= 0.6 is 11.6 Å². The number of anilines is 1. The first-order valence-electron chi connectivity index (χ1n) is 5.14. The fourth-order valence-corrected chi connectivity index (χ4v) is 1.37. The molecule has 0 aliphatic carbocycles. The van der Waals surface area contributed by atoms with E-state index in [1.54, 1.807) is 20.8 Å². The largest absolute Gasteiger partial charge is 0.388 e. The minimum Gasteiger partial charge on any atom is -0.388 e. The lowest BCUT2D eigenvalue weighted by atomic mass is 10.0. The molecular weight excluding hydrogens is 244 g/mol. The van der Waals surface area contributed by atoms with E-state index < -0.39 is 10.5 Å². The molecule has 0 bridgehead atoms. The molecular formula is C11H15ClN2O3. The number of nitrogens with one attached hydrogen (secondary N) is 1. The topological polar surface area (TPSA) is 75.4 Å². The van der Waals surface area contributed by atoms with Crippen LogP contribution in [0.4, 0.5) is 11.4 Å². The zero-order valence-corrected chi connectivity index (χ0v) is 10.7. The van der Waals surface area contributed by atoms with E-state index in [1.165, 1.54) is 18.2 Å². The molecule has 0 aromatic heterocycles. The smallest absolute Gasteiger partial charge is 0.271 e. The van der Waals surface area contributed by atoms with Crippen molar-refractivity contribution in [1.29, 1.82) is 0 Å². The summed E-state index contributed by atoms with van der Waals surface area (Å²) in [5.74, 6) is 0. The highest BCUT2D eigenvalue weighted by molar-refractivity contribution is 6.33. The van der Waals surface area contributed by atoms with E-state index in [-0.39, 0.29) is 16.8 Å². The lowest BCUT2D eigenvalue weighted by Gasteiger charge is -2.27. The molecule has 1 aromatic rings. The minimum atomic E-state index is -0.912. The fourth-order valence-electron chi connectivity index (χ4n) is 1.14. The lowest BCUT2D eigenvalue weighted by molar-refractivity contribution is -0.384. The summed E-state index contributed by atoms with van der Waals surface area (Å²) in [5.41, 5.74) is -0.408. The number of halogens is 1. The number of nitro benzene ring substituents is 1. The fraction of sp³-hybridized carbons (Fsp3) is 0.455. The van der Waals surface area contributed by atoms with Crippen LogP contribution in [-0.2, 0) is 0 Å². The molecule has 0 heterocycles. The summed E-state index contributed by atoms with van der Waals surface area (Å²) in [6.45, 7) is 5.14. The first-order chi connectivity index (χ1) is 7.71. The number of hydrogen-bond acceptors (Lipinski definition) is 4. The van der Waals surface area contributed by atoms with Gasteiger partial charge in [-0.2, -0.15) is 0 Å². The first kappa shape index (κ1) is 13.7. The Labute approximate surface area is 105 Å². The quantitative estimate of drug-likeness (QED) is 0.643. The predicted octanol–water partition coefficient (Wildman–Crippen LogP) is 2.82. The van der Waals surface area contributed by atoms with Crippen LogP contribution in [0.1, 0.15) is 20.8 Å². The van der Waals surface area contributed by atoms with Crippen LogP contribution in [0.2, 0.25) is 5.02 Å². The van der Waals surface area contributed by atoms with E-state index in [2.05, 4.69) is 5.32 Å². The molecule has 1 rings (SSSR count). The van der Waals surface area contributed by atoms with Gasteiger partial charge in [0.05, 0.1) is 27.3 Å². The Morgan fingerprint density at radius 2 is 2.12 bits per heavy atom. The standard InChI is InChI=1S/C11H15ClN2O3/c1-7(11(2,3)15)13-10-5-4-8(14(16)17)6-9(10)12/h4-7,13,15H,1-3H3. The highest BCUT2D eigenvalue weighted by Crippen LogP contribution is 2.28. The van der Waals surface area contributed by atoms with Gasteiger partial charge in [0.1, 0.15) is 0 Å². The van der Waals surface area contributed by atoms with Gasteiger partial charge < -0.3 is 10.4 Å². The van der Waals surface area contributed by atoms with Gasteiger partial charge in [-0.15, -0.1) is 0 Å². The molecule has 94 valence electrons. The van der Waals surface area contributed by atoms with Gasteiger partial charge in [0.25, 0.3) is 5.69 Å². The predicted molar refractivity (Wildman–Crippen MR) is 67.5 cm³/mol. The summed E-state index contributed by atoms with van der Waals surface area (Å²) in [6.07, 6.45) is 0. The monoisotopic (exact) mass is 258 g/mol. The van der Waals surface area contributed by atoms with Crippen molar-refractivity contribution in [1.82, 2.24) is 0 Å². The van der Waals surface area contributed by atoms with E-state index >= 15 is 0 Å². The average Bonchev–Trinajstić information content (AvgIpc) is 2.19. The van der Waals surface area contributed by atoms with Gasteiger partial charge in [-0.25, -0.2) is 0 Å². The zero-order valence-electron chi connectivity index (χ0n) is 9.90. The summed E-state index contributed by atoms with van der Waals surface area (Å²) < 4.78 is 0. The van der Waals surface area contributed by atoms with Gasteiger partial charge in [0.2, 0.25) is 0 Å². The summed E-state index contributed by atoms with van der Waals surface area (Å²) in [4.78, 5) is 10.0. The molecule has 1 aromatic carbocycles. The van der Waals surface area contributed by atoms with E-state index in [0.717, 1.165) is 0 Å². The maximum Gasteiger partial charge on any atom is 0.271 e. The van der Waals surface area contributed by atoms with Crippen molar-refractivity contribution in [2.75, 3.05) is 5.32 Å². The van der Waals surface area contributed by atoms with Crippen molar-refractivity contribution >= 4 is 23.0 Å². The summed E-state index contributed by atoms with van der Waals surface area (Å²) >= 11 is 5.92. The second-order valence-electron chi connectivity index (χ2n) is 4.44. The van der Waals surface area contributed by atoms with Crippen molar-refractivity contribution in [3.8, 4) is 0 Å². The number of nitrogens with zero attached hydrogens (tertiary/aromatic N) is 1. The Hall–Kier alpha value is -1.33. The maximum absolute atomic E-state index is 10.5. The molecule has 0 aliphatic heterocycles. The SMILES string of the molecule is CC(Nc1ccc([N+](=O)[O-])cc1Cl)C(C)(C)O. The number of aliphatic hydroxyl groups is 1. The molecule has 0 saturated heterocycles. The van der Waals surface area contributed by atoms with Gasteiger partial charge >= 0.3 is 0 Å². The van der Waals surface area contributed by atoms with Gasteiger partial charge in [0.15, 0.2) is 0 Å². The number of benzene rings is 1. The Morgan fingerprint density at radius 1 is 1.53 bits per heavy atom. The van der Waals surface area contributed by atoms with Crippen molar-refractivity contribution in [2.24, 2.45) is 0 Å². The van der Waals surface area contributed by atoms with Gasteiger partial charge in [-0.1, -0.05) is 11.6 Å².